The third kappa shape index (κ3) is 8.30. The lowest BCUT2D eigenvalue weighted by Crippen LogP contribution is -2.30. The van der Waals surface area contributed by atoms with Gasteiger partial charge in [-0.25, -0.2) is 0 Å². The Bertz CT molecular complexity index is 471. The smallest absolute Gasteiger partial charge is 0.0880 e. The van der Waals surface area contributed by atoms with Crippen molar-refractivity contribution in [3.05, 3.63) is 34.2 Å². The van der Waals surface area contributed by atoms with E-state index in [9.17, 15) is 0 Å². The molecule has 0 saturated heterocycles. The minimum Gasteiger partial charge on any atom is -0.253 e. The summed E-state index contributed by atoms with van der Waals surface area (Å²) in [5, 5.41) is 1.59. The summed E-state index contributed by atoms with van der Waals surface area (Å²) in [6.07, 6.45) is 5.82. The molecule has 0 atom stereocenters. The minimum atomic E-state index is 0.563. The Balaban J connectivity index is 0. The maximum atomic E-state index is 4.28. The molecule has 0 saturated carbocycles. The predicted octanol–water partition coefficient (Wildman–Crippen LogP) is 3.63. The fraction of sp³-hybridized carbons (Fsp3) is 0.529. The molecule has 2 heteroatoms. The van der Waals surface area contributed by atoms with Crippen molar-refractivity contribution in [3.63, 3.8) is 0 Å². The lowest BCUT2D eigenvalue weighted by atomic mass is 10.1. The minimum absolute atomic E-state index is 0.563. The number of aryl methyl sites for hydroxylation is 1. The van der Waals surface area contributed by atoms with Crippen molar-refractivity contribution in [2.75, 3.05) is 0 Å². The van der Waals surface area contributed by atoms with E-state index in [2.05, 4.69) is 43.4 Å². The number of nitrogens with zero attached hydrogens (tertiary/aromatic N) is 2. The van der Waals surface area contributed by atoms with Crippen molar-refractivity contribution < 1.29 is 0 Å². The maximum absolute atomic E-state index is 4.28. The highest BCUT2D eigenvalue weighted by Crippen LogP contribution is 2.06. The number of rotatable bonds is 2. The van der Waals surface area contributed by atoms with Crippen LogP contribution in [-0.2, 0) is 0 Å². The molecule has 0 unspecified atom stereocenters. The number of aromatic nitrogens is 2. The summed E-state index contributed by atoms with van der Waals surface area (Å²) in [4.78, 5) is 8.55. The average Bonchev–Trinajstić information content (AvgIpc) is 2.42. The van der Waals surface area contributed by atoms with Crippen LogP contribution in [0.25, 0.3) is 12.7 Å². The van der Waals surface area contributed by atoms with Gasteiger partial charge in [-0.15, -0.1) is 0 Å². The molecule has 0 fully saturated rings. The van der Waals surface area contributed by atoms with Crippen molar-refractivity contribution in [2.45, 2.75) is 55.4 Å². The van der Waals surface area contributed by atoms with Gasteiger partial charge in [0, 0.05) is 6.20 Å². The molecule has 108 valence electrons. The van der Waals surface area contributed by atoms with E-state index in [0.29, 0.717) is 5.92 Å². The van der Waals surface area contributed by atoms with Crippen LogP contribution in [0.1, 0.15) is 54.2 Å². The number of allylic oxidation sites excluding steroid dienone is 2. The summed E-state index contributed by atoms with van der Waals surface area (Å²) in [6, 6.07) is 0. The number of hydrogen-bond acceptors (Lipinski definition) is 2. The average molecular weight is 262 g/mol. The van der Waals surface area contributed by atoms with Gasteiger partial charge in [-0.3, -0.25) is 9.97 Å². The molecule has 0 bridgehead atoms. The van der Waals surface area contributed by atoms with Crippen molar-refractivity contribution >= 4 is 12.7 Å². The second-order valence-electron chi connectivity index (χ2n) is 4.08. The largest absolute Gasteiger partial charge is 0.253 e. The van der Waals surface area contributed by atoms with Gasteiger partial charge in [-0.05, 0) is 25.8 Å². The van der Waals surface area contributed by atoms with Crippen LogP contribution < -0.4 is 10.7 Å². The van der Waals surface area contributed by atoms with E-state index in [1.807, 2.05) is 40.7 Å². The Hall–Kier alpha value is -1.44. The van der Waals surface area contributed by atoms with Gasteiger partial charge in [-0.1, -0.05) is 59.8 Å². The first-order chi connectivity index (χ1) is 9.00. The van der Waals surface area contributed by atoms with Crippen LogP contribution in [0.4, 0.5) is 0 Å². The molecule has 1 heterocycles. The lowest BCUT2D eigenvalue weighted by Gasteiger charge is -2.01. The summed E-state index contributed by atoms with van der Waals surface area (Å²) in [5.74, 6) is 0.563. The Morgan fingerprint density at radius 2 is 1.74 bits per heavy atom. The number of hydrogen-bond donors (Lipinski definition) is 0. The molecule has 0 aliphatic carbocycles. The van der Waals surface area contributed by atoms with Crippen LogP contribution in [0.15, 0.2) is 17.8 Å². The van der Waals surface area contributed by atoms with E-state index in [1.165, 1.54) is 5.57 Å². The van der Waals surface area contributed by atoms with Crippen LogP contribution in [0.5, 0.6) is 0 Å². The van der Waals surface area contributed by atoms with E-state index >= 15 is 0 Å². The molecule has 0 spiro atoms. The van der Waals surface area contributed by atoms with Gasteiger partial charge in [0.25, 0.3) is 0 Å². The lowest BCUT2D eigenvalue weighted by molar-refractivity contribution is 0.770. The van der Waals surface area contributed by atoms with Crippen molar-refractivity contribution in [1.82, 2.24) is 9.97 Å². The fourth-order valence-electron chi connectivity index (χ4n) is 1.08. The third-order valence-corrected chi connectivity index (χ3v) is 2.41. The van der Waals surface area contributed by atoms with Crippen LogP contribution in [-0.4, -0.2) is 9.97 Å². The quantitative estimate of drug-likeness (QED) is 0.813. The summed E-state index contributed by atoms with van der Waals surface area (Å²) in [5.41, 5.74) is 2.23. The molecular formula is C17H30N2. The van der Waals surface area contributed by atoms with Gasteiger partial charge in [0.2, 0.25) is 0 Å². The first-order valence-corrected chi connectivity index (χ1v) is 7.18. The standard InChI is InChI=1S/C13H18N2.2C2H6/c1-9(2)10(3)6-7-13-12(5)15-11(4)8-14-13;2*1-2/h6-9H,5H2,1-4H3;2*1-2H3/b10-6+,13-7+;;. The topological polar surface area (TPSA) is 25.8 Å². The highest BCUT2D eigenvalue weighted by molar-refractivity contribution is 5.37. The molecule has 0 aliphatic heterocycles. The highest BCUT2D eigenvalue weighted by atomic mass is 14.8. The Morgan fingerprint density at radius 3 is 2.16 bits per heavy atom. The second kappa shape index (κ2) is 11.6. The Kier molecular flexibility index (Phi) is 12.2. The summed E-state index contributed by atoms with van der Waals surface area (Å²) in [7, 11) is 0. The van der Waals surface area contributed by atoms with Gasteiger partial charge < -0.3 is 0 Å². The van der Waals surface area contributed by atoms with Crippen LogP contribution in [0.3, 0.4) is 0 Å². The zero-order chi connectivity index (χ0) is 15.4. The van der Waals surface area contributed by atoms with Crippen molar-refractivity contribution in [3.8, 4) is 0 Å². The molecule has 0 aliphatic rings. The molecule has 1 rings (SSSR count). The van der Waals surface area contributed by atoms with Gasteiger partial charge in [-0.2, -0.15) is 0 Å². The van der Waals surface area contributed by atoms with Gasteiger partial charge in [0.15, 0.2) is 0 Å². The summed E-state index contributed by atoms with van der Waals surface area (Å²) >= 11 is 0. The molecule has 0 aromatic carbocycles. The molecular weight excluding hydrogens is 232 g/mol. The van der Waals surface area contributed by atoms with E-state index in [-0.39, 0.29) is 0 Å². The molecule has 19 heavy (non-hydrogen) atoms. The molecule has 2 nitrogen and oxygen atoms in total. The zero-order valence-corrected chi connectivity index (χ0v) is 13.9. The van der Waals surface area contributed by atoms with E-state index < -0.39 is 0 Å². The molecule has 0 radical (unpaired) electrons. The van der Waals surface area contributed by atoms with Crippen LogP contribution in [0.2, 0.25) is 0 Å². The SMILES string of the molecule is C=c1nc(C)cn/c1=C/C=C(\C)C(C)C.CC.CC. The monoisotopic (exact) mass is 262 g/mol. The molecule has 1 aromatic heterocycles. The van der Waals surface area contributed by atoms with Crippen molar-refractivity contribution in [2.24, 2.45) is 5.92 Å². The molecule has 0 N–H and O–H groups in total. The second-order valence-corrected chi connectivity index (χ2v) is 4.08. The van der Waals surface area contributed by atoms with E-state index in [0.717, 1.165) is 16.4 Å². The zero-order valence-electron chi connectivity index (χ0n) is 13.9. The van der Waals surface area contributed by atoms with Crippen LogP contribution >= 0.6 is 0 Å². The third-order valence-electron chi connectivity index (χ3n) is 2.41. The van der Waals surface area contributed by atoms with Gasteiger partial charge in [0.1, 0.15) is 0 Å². The maximum Gasteiger partial charge on any atom is 0.0880 e. The van der Waals surface area contributed by atoms with Gasteiger partial charge in [0.05, 0.1) is 16.4 Å². The molecule has 0 amide bonds. The Morgan fingerprint density at radius 1 is 1.21 bits per heavy atom. The Labute approximate surface area is 119 Å². The normalized spacial score (nSPS) is 11.4. The fourth-order valence-corrected chi connectivity index (χ4v) is 1.08. The summed E-state index contributed by atoms with van der Waals surface area (Å²) < 4.78 is 0. The van der Waals surface area contributed by atoms with E-state index in [4.69, 9.17) is 0 Å². The van der Waals surface area contributed by atoms with Crippen molar-refractivity contribution in [1.29, 1.82) is 0 Å². The highest BCUT2D eigenvalue weighted by Gasteiger charge is 1.93. The predicted molar refractivity (Wildman–Crippen MR) is 87.3 cm³/mol. The molecule has 1 aromatic rings. The first kappa shape index (κ1) is 19.9. The summed E-state index contributed by atoms with van der Waals surface area (Å²) in [6.45, 7) is 20.2. The first-order valence-electron chi connectivity index (χ1n) is 7.18. The van der Waals surface area contributed by atoms with E-state index in [1.54, 1.807) is 6.20 Å². The van der Waals surface area contributed by atoms with Crippen LogP contribution in [0, 0.1) is 12.8 Å². The van der Waals surface area contributed by atoms with Gasteiger partial charge >= 0.3 is 0 Å².